The van der Waals surface area contributed by atoms with Crippen molar-refractivity contribution < 1.29 is 4.79 Å². The molecule has 1 aromatic carbocycles. The molecule has 0 saturated heterocycles. The van der Waals surface area contributed by atoms with Crippen LogP contribution in [0, 0.1) is 5.92 Å². The second kappa shape index (κ2) is 7.75. The van der Waals surface area contributed by atoms with Crippen LogP contribution >= 0.6 is 0 Å². The molecule has 122 valence electrons. The summed E-state index contributed by atoms with van der Waals surface area (Å²) >= 11 is 0. The summed E-state index contributed by atoms with van der Waals surface area (Å²) in [6, 6.07) is 9.07. The van der Waals surface area contributed by atoms with E-state index < -0.39 is 0 Å². The van der Waals surface area contributed by atoms with Crippen LogP contribution in [0.3, 0.4) is 0 Å². The maximum atomic E-state index is 12.3. The van der Waals surface area contributed by atoms with E-state index in [2.05, 4.69) is 55.5 Å². The molecular weight excluding hydrogens is 274 g/mol. The van der Waals surface area contributed by atoms with Gasteiger partial charge in [-0.15, -0.1) is 0 Å². The second-order valence-electron chi connectivity index (χ2n) is 6.59. The quantitative estimate of drug-likeness (QED) is 0.846. The molecule has 4 nitrogen and oxygen atoms in total. The third kappa shape index (κ3) is 4.31. The van der Waals surface area contributed by atoms with Gasteiger partial charge in [0.25, 0.3) is 0 Å². The van der Waals surface area contributed by atoms with Gasteiger partial charge < -0.3 is 16.0 Å². The highest BCUT2D eigenvalue weighted by Gasteiger charge is 2.28. The van der Waals surface area contributed by atoms with Gasteiger partial charge in [-0.1, -0.05) is 31.2 Å². The van der Waals surface area contributed by atoms with E-state index in [0.717, 1.165) is 25.7 Å². The zero-order chi connectivity index (χ0) is 16.1. The molecule has 1 aliphatic carbocycles. The third-order valence-electron chi connectivity index (χ3n) is 4.71. The maximum absolute atomic E-state index is 12.3. The fraction of sp³-hybridized carbons (Fsp3) is 0.611. The fourth-order valence-electron chi connectivity index (χ4n) is 3.17. The molecule has 3 N–H and O–H groups in total. The summed E-state index contributed by atoms with van der Waals surface area (Å²) in [7, 11) is 4.10. The van der Waals surface area contributed by atoms with Crippen molar-refractivity contribution in [2.24, 2.45) is 11.7 Å². The van der Waals surface area contributed by atoms with Gasteiger partial charge in [-0.3, -0.25) is 4.79 Å². The van der Waals surface area contributed by atoms with Gasteiger partial charge in [0.2, 0.25) is 5.91 Å². The van der Waals surface area contributed by atoms with Gasteiger partial charge in [0.15, 0.2) is 0 Å². The summed E-state index contributed by atoms with van der Waals surface area (Å²) in [6.07, 6.45) is 3.76. The molecule has 1 fully saturated rings. The molecule has 3 unspecified atom stereocenters. The Morgan fingerprint density at radius 1 is 1.32 bits per heavy atom. The summed E-state index contributed by atoms with van der Waals surface area (Å²) in [6.45, 7) is 2.80. The molecule has 0 aliphatic heterocycles. The number of hydrogen-bond donors (Lipinski definition) is 2. The van der Waals surface area contributed by atoms with Crippen LogP contribution in [-0.2, 0) is 11.2 Å². The highest BCUT2D eigenvalue weighted by molar-refractivity contribution is 5.79. The van der Waals surface area contributed by atoms with Crippen molar-refractivity contribution in [3.8, 4) is 0 Å². The molecule has 0 aromatic heterocycles. The minimum atomic E-state index is 0.0975. The number of carbonyl (C=O) groups excluding carboxylic acids is 1. The molecule has 3 atom stereocenters. The molecule has 0 radical (unpaired) electrons. The van der Waals surface area contributed by atoms with Crippen LogP contribution in [0.4, 0.5) is 0 Å². The number of likely N-dealkylation sites (N-methyl/N-ethyl adjacent to an activating group) is 1. The molecule has 0 bridgehead atoms. The first-order valence-electron chi connectivity index (χ1n) is 8.29. The zero-order valence-corrected chi connectivity index (χ0v) is 14.0. The van der Waals surface area contributed by atoms with E-state index in [1.807, 2.05) is 0 Å². The highest BCUT2D eigenvalue weighted by atomic mass is 16.1. The predicted octanol–water partition coefficient (Wildman–Crippen LogP) is 2.10. The van der Waals surface area contributed by atoms with Gasteiger partial charge in [-0.2, -0.15) is 0 Å². The molecule has 1 saturated carbocycles. The van der Waals surface area contributed by atoms with Gasteiger partial charge >= 0.3 is 0 Å². The Labute approximate surface area is 134 Å². The maximum Gasteiger partial charge on any atom is 0.223 e. The van der Waals surface area contributed by atoms with E-state index in [9.17, 15) is 4.79 Å². The van der Waals surface area contributed by atoms with E-state index in [0.29, 0.717) is 6.54 Å². The van der Waals surface area contributed by atoms with Crippen LogP contribution in [0.5, 0.6) is 0 Å². The van der Waals surface area contributed by atoms with Crippen molar-refractivity contribution >= 4 is 5.91 Å². The average Bonchev–Trinajstić information content (AvgIpc) is 2.94. The summed E-state index contributed by atoms with van der Waals surface area (Å²) in [4.78, 5) is 14.4. The van der Waals surface area contributed by atoms with Crippen LogP contribution in [-0.4, -0.2) is 37.5 Å². The third-order valence-corrected chi connectivity index (χ3v) is 4.71. The lowest BCUT2D eigenvalue weighted by molar-refractivity contribution is -0.125. The van der Waals surface area contributed by atoms with Crippen molar-refractivity contribution in [2.45, 2.75) is 44.7 Å². The molecule has 1 aliphatic rings. The molecule has 0 spiro atoms. The molecule has 2 rings (SSSR count). The molecule has 22 heavy (non-hydrogen) atoms. The second-order valence-corrected chi connectivity index (χ2v) is 6.59. The lowest BCUT2D eigenvalue weighted by atomic mass is 10.0. The lowest BCUT2D eigenvalue weighted by Crippen LogP contribution is -2.37. The number of nitrogens with two attached hydrogens (primary N) is 1. The number of benzene rings is 1. The van der Waals surface area contributed by atoms with Gasteiger partial charge in [0.1, 0.15) is 0 Å². The van der Waals surface area contributed by atoms with Crippen LogP contribution in [0.1, 0.15) is 43.4 Å². The van der Waals surface area contributed by atoms with E-state index in [1.165, 1.54) is 11.1 Å². The fourth-order valence-corrected chi connectivity index (χ4v) is 3.17. The van der Waals surface area contributed by atoms with Gasteiger partial charge in [-0.25, -0.2) is 0 Å². The van der Waals surface area contributed by atoms with E-state index in [-0.39, 0.29) is 23.9 Å². The number of carbonyl (C=O) groups is 1. The largest absolute Gasteiger partial charge is 0.354 e. The molecule has 4 heteroatoms. The molecular formula is C18H29N3O. The molecule has 1 aromatic rings. The van der Waals surface area contributed by atoms with E-state index in [1.54, 1.807) is 0 Å². The summed E-state index contributed by atoms with van der Waals surface area (Å²) in [5.41, 5.74) is 8.48. The van der Waals surface area contributed by atoms with Crippen molar-refractivity contribution in [1.29, 1.82) is 0 Å². The monoisotopic (exact) mass is 303 g/mol. The summed E-state index contributed by atoms with van der Waals surface area (Å²) < 4.78 is 0. The van der Waals surface area contributed by atoms with Crippen molar-refractivity contribution in [1.82, 2.24) is 10.2 Å². The molecule has 0 heterocycles. The lowest BCUT2D eigenvalue weighted by Gasteiger charge is -2.26. The SMILES string of the molecule is CCc1ccc(C(CNC(=O)C2CCC(N)C2)N(C)C)cc1. The van der Waals surface area contributed by atoms with Crippen LogP contribution < -0.4 is 11.1 Å². The Morgan fingerprint density at radius 2 is 2.00 bits per heavy atom. The number of aryl methyl sites for hydroxylation is 1. The zero-order valence-electron chi connectivity index (χ0n) is 14.0. The smallest absolute Gasteiger partial charge is 0.223 e. The summed E-state index contributed by atoms with van der Waals surface area (Å²) in [5, 5.41) is 3.12. The van der Waals surface area contributed by atoms with E-state index >= 15 is 0 Å². The first-order valence-corrected chi connectivity index (χ1v) is 8.29. The Bertz CT molecular complexity index is 484. The number of rotatable bonds is 6. The Kier molecular flexibility index (Phi) is 5.98. The Hall–Kier alpha value is -1.39. The van der Waals surface area contributed by atoms with Crippen molar-refractivity contribution in [3.05, 3.63) is 35.4 Å². The van der Waals surface area contributed by atoms with Gasteiger partial charge in [0, 0.05) is 18.5 Å². The molecule has 1 amide bonds. The van der Waals surface area contributed by atoms with Crippen LogP contribution in [0.2, 0.25) is 0 Å². The van der Waals surface area contributed by atoms with Gasteiger partial charge in [-0.05, 0) is 50.9 Å². The highest BCUT2D eigenvalue weighted by Crippen LogP contribution is 2.24. The number of nitrogens with one attached hydrogen (secondary N) is 1. The van der Waals surface area contributed by atoms with E-state index in [4.69, 9.17) is 5.73 Å². The first-order chi connectivity index (χ1) is 10.5. The van der Waals surface area contributed by atoms with Gasteiger partial charge in [0.05, 0.1) is 6.04 Å². The van der Waals surface area contributed by atoms with Crippen LogP contribution in [0.15, 0.2) is 24.3 Å². The van der Waals surface area contributed by atoms with Crippen molar-refractivity contribution in [2.75, 3.05) is 20.6 Å². The topological polar surface area (TPSA) is 58.4 Å². The Morgan fingerprint density at radius 3 is 2.50 bits per heavy atom. The Balaban J connectivity index is 1.95. The van der Waals surface area contributed by atoms with Crippen LogP contribution in [0.25, 0.3) is 0 Å². The van der Waals surface area contributed by atoms with Crippen molar-refractivity contribution in [3.63, 3.8) is 0 Å². The minimum absolute atomic E-state index is 0.0975. The first kappa shape index (κ1) is 17.0. The average molecular weight is 303 g/mol. The standard InChI is InChI=1S/C18H29N3O/c1-4-13-5-7-14(8-6-13)17(21(2)3)12-20-18(22)15-9-10-16(19)11-15/h5-8,15-17H,4,9-12,19H2,1-3H3,(H,20,22). The number of hydrogen-bond acceptors (Lipinski definition) is 3. The number of nitrogens with zero attached hydrogens (tertiary/aromatic N) is 1. The number of amides is 1. The predicted molar refractivity (Wildman–Crippen MR) is 90.6 cm³/mol. The summed E-state index contributed by atoms with van der Waals surface area (Å²) in [5.74, 6) is 0.255. The minimum Gasteiger partial charge on any atom is -0.354 e. The normalized spacial score (nSPS) is 22.8.